The van der Waals surface area contributed by atoms with Crippen LogP contribution in [0.1, 0.15) is 22.3 Å². The fourth-order valence-electron chi connectivity index (χ4n) is 6.89. The van der Waals surface area contributed by atoms with Crippen LogP contribution in [-0.2, 0) is 0 Å². The van der Waals surface area contributed by atoms with Crippen molar-refractivity contribution in [2.45, 2.75) is 0 Å². The van der Waals surface area contributed by atoms with E-state index in [1.54, 1.807) is 0 Å². The Morgan fingerprint density at radius 3 is 0.667 bits per heavy atom. The molecule has 0 saturated carbocycles. The fourth-order valence-corrected chi connectivity index (χ4v) is 6.89. The molecule has 0 fully saturated rings. The first-order chi connectivity index (χ1) is 29.0. The van der Waals surface area contributed by atoms with E-state index in [9.17, 15) is 0 Å². The summed E-state index contributed by atoms with van der Waals surface area (Å²) in [7, 11) is 16.3. The predicted molar refractivity (Wildman–Crippen MR) is 258 cm³/mol. The molecule has 7 rings (SSSR count). The van der Waals surface area contributed by atoms with Crippen LogP contribution in [-0.4, -0.2) is 56.4 Å². The zero-order valence-corrected chi connectivity index (χ0v) is 35.6. The third-order valence-electron chi connectivity index (χ3n) is 10.3. The Bertz CT molecular complexity index is 2650. The first kappa shape index (κ1) is 40.4. The molecule has 4 nitrogen and oxygen atoms in total. The van der Waals surface area contributed by atoms with Gasteiger partial charge >= 0.3 is 0 Å². The number of nitrogens with zero attached hydrogens (tertiary/aromatic N) is 4. The van der Waals surface area contributed by atoms with Gasteiger partial charge in [-0.25, -0.2) is 0 Å². The van der Waals surface area contributed by atoms with Crippen molar-refractivity contribution in [3.05, 3.63) is 178 Å². The Labute approximate surface area is 355 Å². The van der Waals surface area contributed by atoms with E-state index in [0.29, 0.717) is 0 Å². The van der Waals surface area contributed by atoms with Crippen LogP contribution in [0, 0.1) is 47.4 Å². The van der Waals surface area contributed by atoms with Crippen LogP contribution in [0.15, 0.2) is 146 Å². The lowest BCUT2D eigenvalue weighted by molar-refractivity contribution is 1.13. The maximum atomic E-state index is 3.55. The second kappa shape index (κ2) is 18.2. The zero-order chi connectivity index (χ0) is 42.2. The normalized spacial score (nSPS) is 10.1. The van der Waals surface area contributed by atoms with Crippen molar-refractivity contribution in [2.24, 2.45) is 0 Å². The lowest BCUT2D eigenvalue weighted by Gasteiger charge is -2.11. The van der Waals surface area contributed by atoms with Gasteiger partial charge in [-0.1, -0.05) is 95.9 Å². The van der Waals surface area contributed by atoms with Crippen molar-refractivity contribution in [2.75, 3.05) is 76.0 Å². The second-order valence-electron chi connectivity index (χ2n) is 15.4. The highest BCUT2D eigenvalue weighted by Crippen LogP contribution is 2.19. The Balaban J connectivity index is 1.56. The molecule has 0 spiro atoms. The lowest BCUT2D eigenvalue weighted by Crippen LogP contribution is -2.18. The van der Waals surface area contributed by atoms with Crippen LogP contribution < -0.4 is 30.0 Å². The standard InChI is InChI=1S/C56H48N4/c1-57(2)47-33-21-41(22-34-47)17-29-45(30-18-42-23-35-48(36-24-42)58(3)4)55-51-13-9-11-15-53(51)56(54-16-12-10-14-52(54)55)46(31-19-43-25-37-49(38-26-43)59(5)6)32-20-44-27-39-50(40-28-44)60(7)8/h9-16,21-28,33-40H,1-8H3. The predicted octanol–water partition coefficient (Wildman–Crippen LogP) is 8.77. The van der Waals surface area contributed by atoms with Gasteiger partial charge in [0, 0.05) is 112 Å². The molecule has 0 atom stereocenters. The highest BCUT2D eigenvalue weighted by atomic mass is 15.1. The Kier molecular flexibility index (Phi) is 12.3. The summed E-state index contributed by atoms with van der Waals surface area (Å²) < 4.78 is 0. The second-order valence-corrected chi connectivity index (χ2v) is 15.4. The molecular formula is C56H48N4. The molecule has 4 heteroatoms. The number of hydrogen-bond acceptors (Lipinski definition) is 4. The monoisotopic (exact) mass is 776 g/mol. The number of rotatable bonds is 4. The van der Waals surface area contributed by atoms with Gasteiger partial charge in [0.05, 0.1) is 11.1 Å². The summed E-state index contributed by atoms with van der Waals surface area (Å²) in [5.74, 6) is 28.1. The van der Waals surface area contributed by atoms with E-state index in [2.05, 4.69) is 213 Å². The summed E-state index contributed by atoms with van der Waals surface area (Å²) in [6.45, 7) is 0. The highest BCUT2D eigenvalue weighted by molar-refractivity contribution is 6.06. The van der Waals surface area contributed by atoms with Crippen LogP contribution in [0.2, 0.25) is 0 Å². The molecule has 0 aliphatic rings. The maximum absolute atomic E-state index is 3.55. The summed E-state index contributed by atoms with van der Waals surface area (Å²) in [6.07, 6.45) is 0. The average Bonchev–Trinajstić information content (AvgIpc) is 3.26. The van der Waals surface area contributed by atoms with E-state index in [1.807, 2.05) is 56.4 Å². The Morgan fingerprint density at radius 1 is 0.283 bits per heavy atom. The van der Waals surface area contributed by atoms with Crippen molar-refractivity contribution in [1.82, 2.24) is 0 Å². The topological polar surface area (TPSA) is 13.0 Å². The molecule has 7 aromatic rings. The number of hydrogen-bond donors (Lipinski definition) is 0. The Morgan fingerprint density at radius 2 is 0.483 bits per heavy atom. The summed E-state index contributed by atoms with van der Waals surface area (Å²) >= 11 is 0. The largest absolute Gasteiger partial charge is 0.378 e. The van der Waals surface area contributed by atoms with E-state index in [4.69, 9.17) is 0 Å². The SMILES string of the molecule is CN(C)c1ccc(C#CC(C#Cc2ccc(N(C)C)cc2)=c2c3ccccc3c(=C(C#Cc3ccc(N(C)C)cc3)C#Cc3ccc(N(C)C)cc3)c3ccccc23)cc1. The molecule has 0 N–H and O–H groups in total. The van der Waals surface area contributed by atoms with Crippen molar-refractivity contribution in [3.8, 4) is 47.4 Å². The fraction of sp³-hybridized carbons (Fsp3) is 0.143. The van der Waals surface area contributed by atoms with E-state index in [-0.39, 0.29) is 0 Å². The maximum Gasteiger partial charge on any atom is 0.0836 e. The van der Waals surface area contributed by atoms with E-state index in [1.165, 1.54) is 0 Å². The van der Waals surface area contributed by atoms with Gasteiger partial charge < -0.3 is 19.6 Å². The van der Waals surface area contributed by atoms with Gasteiger partial charge in [-0.3, -0.25) is 0 Å². The molecule has 0 bridgehead atoms. The minimum Gasteiger partial charge on any atom is -0.378 e. The third kappa shape index (κ3) is 9.33. The van der Waals surface area contributed by atoms with Gasteiger partial charge in [0.15, 0.2) is 0 Å². The van der Waals surface area contributed by atoms with Gasteiger partial charge in [0.2, 0.25) is 0 Å². The molecule has 0 unspecified atom stereocenters. The number of anilines is 4. The quantitative estimate of drug-likeness (QED) is 0.131. The van der Waals surface area contributed by atoms with E-state index >= 15 is 0 Å². The summed E-state index contributed by atoms with van der Waals surface area (Å²) in [5.41, 5.74) is 9.61. The molecule has 0 saturated heterocycles. The van der Waals surface area contributed by atoms with E-state index < -0.39 is 0 Å². The first-order valence-corrected chi connectivity index (χ1v) is 19.9. The molecule has 7 aromatic carbocycles. The van der Waals surface area contributed by atoms with Gasteiger partial charge in [-0.2, -0.15) is 0 Å². The summed E-state index contributed by atoms with van der Waals surface area (Å²) in [5, 5.41) is 6.09. The number of benzene rings is 7. The highest BCUT2D eigenvalue weighted by Gasteiger charge is 2.11. The van der Waals surface area contributed by atoms with Crippen molar-refractivity contribution in [3.63, 3.8) is 0 Å². The lowest BCUT2D eigenvalue weighted by atomic mass is 9.93. The molecule has 0 aliphatic heterocycles. The minimum absolute atomic E-state index is 0.739. The molecule has 0 amide bonds. The molecule has 292 valence electrons. The molecule has 0 aliphatic carbocycles. The van der Waals surface area contributed by atoms with Crippen LogP contribution in [0.4, 0.5) is 22.7 Å². The smallest absolute Gasteiger partial charge is 0.0836 e. The molecule has 0 aromatic heterocycles. The average molecular weight is 777 g/mol. The van der Waals surface area contributed by atoms with Crippen molar-refractivity contribution < 1.29 is 0 Å². The van der Waals surface area contributed by atoms with E-state index in [0.717, 1.165) is 88.1 Å². The number of fused-ring (bicyclic) bond motifs is 2. The first-order valence-electron chi connectivity index (χ1n) is 19.9. The van der Waals surface area contributed by atoms with Crippen LogP contribution >= 0.6 is 0 Å². The molecule has 0 heterocycles. The minimum atomic E-state index is 0.739. The summed E-state index contributed by atoms with van der Waals surface area (Å²) in [6, 6.07) is 50.2. The van der Waals surface area contributed by atoms with Crippen molar-refractivity contribution in [1.29, 1.82) is 0 Å². The van der Waals surface area contributed by atoms with Crippen LogP contribution in [0.3, 0.4) is 0 Å². The zero-order valence-electron chi connectivity index (χ0n) is 35.6. The summed E-state index contributed by atoms with van der Waals surface area (Å²) in [4.78, 5) is 8.35. The molecular weight excluding hydrogens is 729 g/mol. The molecule has 60 heavy (non-hydrogen) atoms. The van der Waals surface area contributed by atoms with Gasteiger partial charge in [0.25, 0.3) is 0 Å². The Hall–Kier alpha value is -7.76. The van der Waals surface area contributed by atoms with Crippen molar-refractivity contribution >= 4 is 55.4 Å². The van der Waals surface area contributed by atoms with Crippen LogP contribution in [0.5, 0.6) is 0 Å². The van der Waals surface area contributed by atoms with Gasteiger partial charge in [-0.15, -0.1) is 0 Å². The van der Waals surface area contributed by atoms with Crippen LogP contribution in [0.25, 0.3) is 32.7 Å². The van der Waals surface area contributed by atoms with Gasteiger partial charge in [-0.05, 0) is 119 Å². The third-order valence-corrected chi connectivity index (χ3v) is 10.3. The molecule has 0 radical (unpaired) electrons. The van der Waals surface area contributed by atoms with Gasteiger partial charge in [0.1, 0.15) is 0 Å².